The van der Waals surface area contributed by atoms with Gasteiger partial charge in [-0.25, -0.2) is 9.78 Å². The fourth-order valence-electron chi connectivity index (χ4n) is 4.29. The van der Waals surface area contributed by atoms with Crippen molar-refractivity contribution in [3.05, 3.63) is 12.4 Å². The molecule has 196 valence electrons. The molecule has 3 atom stereocenters. The maximum Gasteiger partial charge on any atom is 0.508 e. The molecule has 0 radical (unpaired) electrons. The second-order valence-corrected chi connectivity index (χ2v) is 9.41. The van der Waals surface area contributed by atoms with Gasteiger partial charge in [0.15, 0.2) is 17.0 Å². The molecule has 35 heavy (non-hydrogen) atoms. The maximum absolute atomic E-state index is 13.6. The fourth-order valence-corrected chi connectivity index (χ4v) is 4.29. The summed E-state index contributed by atoms with van der Waals surface area (Å²) < 4.78 is 31.4. The number of imidazole rings is 1. The van der Waals surface area contributed by atoms with Crippen LogP contribution in [0.2, 0.25) is 0 Å². The predicted molar refractivity (Wildman–Crippen MR) is 128 cm³/mol. The summed E-state index contributed by atoms with van der Waals surface area (Å²) in [4.78, 5) is 23.3. The number of nitrogens with zero attached hydrogens (tertiary/aromatic N) is 4. The van der Waals surface area contributed by atoms with Gasteiger partial charge in [-0.15, -0.1) is 0 Å². The highest BCUT2D eigenvalue weighted by Gasteiger charge is 2.46. The summed E-state index contributed by atoms with van der Waals surface area (Å²) in [5.41, 5.74) is 4.93. The first-order valence-corrected chi connectivity index (χ1v) is 12.6. The Balaban J connectivity index is 1.35. The number of ether oxygens (including phenoxy) is 3. The quantitative estimate of drug-likeness (QED) is 0.218. The molecule has 0 spiro atoms. The molecule has 3 N–H and O–H groups in total. The lowest BCUT2D eigenvalue weighted by Crippen LogP contribution is -2.41. The molecule has 2 aromatic rings. The smallest absolute Gasteiger partial charge is 0.434 e. The third-order valence-corrected chi connectivity index (χ3v) is 6.46. The number of fused-ring (bicyclic) bond motifs is 1. The molecule has 0 saturated carbocycles. The zero-order valence-corrected chi connectivity index (χ0v) is 20.7. The molecule has 1 fully saturated rings. The van der Waals surface area contributed by atoms with Crippen molar-refractivity contribution in [2.75, 3.05) is 18.9 Å². The van der Waals surface area contributed by atoms with Crippen molar-refractivity contribution in [1.29, 1.82) is 0 Å². The van der Waals surface area contributed by atoms with Gasteiger partial charge in [0.25, 0.3) is 0 Å². The molecule has 1 aliphatic heterocycles. The van der Waals surface area contributed by atoms with Crippen molar-refractivity contribution in [2.45, 2.75) is 102 Å². The summed E-state index contributed by atoms with van der Waals surface area (Å²) in [5, 5.41) is 10.6. The zero-order chi connectivity index (χ0) is 25.3. The average Bonchev–Trinajstić information content (AvgIpc) is 3.37. The highest BCUT2D eigenvalue weighted by atomic mass is 19.1. The van der Waals surface area contributed by atoms with Gasteiger partial charge in [0.2, 0.25) is 0 Å². The Bertz CT molecular complexity index is 958. The molecule has 3 rings (SSSR count). The molecule has 0 unspecified atom stereocenters. The van der Waals surface area contributed by atoms with Crippen LogP contribution in [0.3, 0.4) is 0 Å². The number of carbonyl (C=O) groups is 1. The van der Waals surface area contributed by atoms with Crippen LogP contribution < -0.4 is 5.73 Å². The number of hydrogen-bond acceptors (Lipinski definition) is 9. The minimum absolute atomic E-state index is 0.0824. The van der Waals surface area contributed by atoms with Crippen LogP contribution in [-0.2, 0) is 14.2 Å². The largest absolute Gasteiger partial charge is 0.508 e. The van der Waals surface area contributed by atoms with Crippen LogP contribution in [0.15, 0.2) is 6.33 Å². The second-order valence-electron chi connectivity index (χ2n) is 9.41. The van der Waals surface area contributed by atoms with Crippen LogP contribution in [0.25, 0.3) is 11.2 Å². The van der Waals surface area contributed by atoms with E-state index in [1.807, 2.05) is 0 Å². The maximum atomic E-state index is 13.6. The standard InChI is InChI=1S/C24H38FN5O5/c1-3-4-5-6-7-8-9-10-11-12-13-33-23(32)34-15-24(2)17(31)14-18(35-24)30-16-27-19-20(26)28-22(25)29-21(19)30/h16-18,31H,3-15H2,1-2H3,(H2,26,28,29)/t17-,18+,24+/m0/s1. The van der Waals surface area contributed by atoms with E-state index in [0.29, 0.717) is 6.61 Å². The van der Waals surface area contributed by atoms with Crippen molar-refractivity contribution < 1.29 is 28.5 Å². The first-order valence-electron chi connectivity index (χ1n) is 12.6. The third-order valence-electron chi connectivity index (χ3n) is 6.46. The number of anilines is 1. The molecule has 1 aliphatic rings. The first-order chi connectivity index (χ1) is 16.8. The van der Waals surface area contributed by atoms with Crippen molar-refractivity contribution in [2.24, 2.45) is 0 Å². The van der Waals surface area contributed by atoms with Gasteiger partial charge in [-0.1, -0.05) is 64.7 Å². The number of hydrogen-bond donors (Lipinski definition) is 2. The van der Waals surface area contributed by atoms with E-state index < -0.39 is 30.2 Å². The number of halogens is 1. The van der Waals surface area contributed by atoms with Crippen molar-refractivity contribution in [3.8, 4) is 0 Å². The molecule has 0 aromatic carbocycles. The minimum atomic E-state index is -1.17. The normalized spacial score (nSPS) is 22.1. The molecule has 1 saturated heterocycles. The van der Waals surface area contributed by atoms with E-state index >= 15 is 0 Å². The number of carbonyl (C=O) groups excluding carboxylic acids is 1. The minimum Gasteiger partial charge on any atom is -0.434 e. The topological polar surface area (TPSA) is 135 Å². The van der Waals surface area contributed by atoms with Crippen LogP contribution >= 0.6 is 0 Å². The summed E-state index contributed by atoms with van der Waals surface area (Å²) in [7, 11) is 0. The van der Waals surface area contributed by atoms with Gasteiger partial charge in [0.1, 0.15) is 18.4 Å². The van der Waals surface area contributed by atoms with Crippen LogP contribution in [0.1, 0.15) is 90.7 Å². The van der Waals surface area contributed by atoms with Crippen LogP contribution in [-0.4, -0.2) is 55.7 Å². The lowest BCUT2D eigenvalue weighted by molar-refractivity contribution is -0.122. The van der Waals surface area contributed by atoms with Crippen LogP contribution in [0, 0.1) is 6.08 Å². The lowest BCUT2D eigenvalue weighted by Gasteiger charge is -2.26. The molecule has 11 heteroatoms. The number of rotatable bonds is 14. The van der Waals surface area contributed by atoms with E-state index in [1.54, 1.807) is 6.92 Å². The predicted octanol–water partition coefficient (Wildman–Crippen LogP) is 4.66. The van der Waals surface area contributed by atoms with Gasteiger partial charge >= 0.3 is 12.2 Å². The second kappa shape index (κ2) is 13.0. The summed E-state index contributed by atoms with van der Waals surface area (Å²) in [6.45, 7) is 3.96. The Hall–Kier alpha value is -2.53. The average molecular weight is 496 g/mol. The van der Waals surface area contributed by atoms with Gasteiger partial charge in [-0.3, -0.25) is 4.57 Å². The Kier molecular flexibility index (Phi) is 10.0. The van der Waals surface area contributed by atoms with Gasteiger partial charge < -0.3 is 25.1 Å². The molecule has 3 heterocycles. The summed E-state index contributed by atoms with van der Waals surface area (Å²) in [6, 6.07) is 0. The van der Waals surface area contributed by atoms with E-state index in [9.17, 15) is 14.3 Å². The molecule has 2 aromatic heterocycles. The van der Waals surface area contributed by atoms with E-state index in [1.165, 1.54) is 55.8 Å². The first kappa shape index (κ1) is 27.1. The van der Waals surface area contributed by atoms with Gasteiger partial charge in [-0.2, -0.15) is 14.4 Å². The number of nitrogens with two attached hydrogens (primary N) is 1. The number of aliphatic hydroxyl groups is 1. The van der Waals surface area contributed by atoms with Gasteiger partial charge in [0.05, 0.1) is 19.0 Å². The number of nitrogen functional groups attached to an aromatic ring is 1. The van der Waals surface area contributed by atoms with E-state index in [2.05, 4.69) is 21.9 Å². The molecule has 0 aliphatic carbocycles. The number of unbranched alkanes of at least 4 members (excludes halogenated alkanes) is 9. The Morgan fingerprint density at radius 1 is 1.17 bits per heavy atom. The Morgan fingerprint density at radius 3 is 2.51 bits per heavy atom. The van der Waals surface area contributed by atoms with Crippen molar-refractivity contribution in [1.82, 2.24) is 19.5 Å². The molecular weight excluding hydrogens is 457 g/mol. The van der Waals surface area contributed by atoms with E-state index in [4.69, 9.17) is 19.9 Å². The Labute approximate surface area is 205 Å². The van der Waals surface area contributed by atoms with E-state index in [-0.39, 0.29) is 30.0 Å². The van der Waals surface area contributed by atoms with Crippen LogP contribution in [0.4, 0.5) is 15.0 Å². The molecular formula is C24H38FN5O5. The molecule has 0 amide bonds. The van der Waals surface area contributed by atoms with E-state index in [0.717, 1.165) is 19.3 Å². The van der Waals surface area contributed by atoms with Crippen molar-refractivity contribution in [3.63, 3.8) is 0 Å². The Morgan fingerprint density at radius 2 is 1.83 bits per heavy atom. The summed E-state index contributed by atoms with van der Waals surface area (Å²) in [5.74, 6) is -0.0824. The summed E-state index contributed by atoms with van der Waals surface area (Å²) >= 11 is 0. The molecule has 10 nitrogen and oxygen atoms in total. The highest BCUT2D eigenvalue weighted by Crippen LogP contribution is 2.38. The number of aromatic nitrogens is 4. The van der Waals surface area contributed by atoms with Crippen LogP contribution in [0.5, 0.6) is 0 Å². The monoisotopic (exact) mass is 495 g/mol. The molecule has 0 bridgehead atoms. The highest BCUT2D eigenvalue weighted by molar-refractivity contribution is 5.81. The lowest BCUT2D eigenvalue weighted by atomic mass is 10.0. The SMILES string of the molecule is CCCCCCCCCCCCOC(=O)OC[C@@]1(C)O[C@@H](n2cnc3c(N)nc(F)nc32)C[C@@H]1O. The van der Waals surface area contributed by atoms with Gasteiger partial charge in [0, 0.05) is 6.42 Å². The zero-order valence-electron chi connectivity index (χ0n) is 20.7. The summed E-state index contributed by atoms with van der Waals surface area (Å²) in [6.07, 6.45) is 10.1. The number of aliphatic hydroxyl groups excluding tert-OH is 1. The third kappa shape index (κ3) is 7.47. The fraction of sp³-hybridized carbons (Fsp3) is 0.750. The van der Waals surface area contributed by atoms with Gasteiger partial charge in [-0.05, 0) is 13.3 Å². The van der Waals surface area contributed by atoms with Crippen molar-refractivity contribution >= 4 is 23.1 Å².